The van der Waals surface area contributed by atoms with Gasteiger partial charge < -0.3 is 133 Å². The van der Waals surface area contributed by atoms with E-state index in [0.717, 1.165) is 56.4 Å². The lowest BCUT2D eigenvalue weighted by atomic mass is 9.54. The van der Waals surface area contributed by atoms with E-state index in [2.05, 4.69) is 47.9 Å². The maximum Gasteiger partial charge on any atom is 0.257 e. The molecule has 6 aromatic carbocycles. The number of aliphatic hydroxyl groups is 8. The van der Waals surface area contributed by atoms with Gasteiger partial charge in [-0.3, -0.25) is 48.5 Å². The number of ether oxygens (including phenoxy) is 7. The van der Waals surface area contributed by atoms with Crippen molar-refractivity contribution in [2.45, 2.75) is 200 Å². The van der Waals surface area contributed by atoms with Gasteiger partial charge in [-0.05, 0) is 207 Å². The highest BCUT2D eigenvalue weighted by molar-refractivity contribution is 6.32. The second kappa shape index (κ2) is 35.2. The van der Waals surface area contributed by atoms with E-state index >= 15 is 28.8 Å². The Hall–Kier alpha value is -10.5. The normalized spacial score (nSPS) is 31.3. The molecule has 7 aliphatic heterocycles. The van der Waals surface area contributed by atoms with E-state index < -0.39 is 210 Å². The minimum absolute atomic E-state index is 0.0790. The number of aromatic hydroxyl groups is 1. The number of nitrogens with one attached hydrogen (secondary N) is 9. The summed E-state index contributed by atoms with van der Waals surface area (Å²) in [5.41, 5.74) is 8.76. The summed E-state index contributed by atoms with van der Waals surface area (Å²) in [6.45, 7) is 5.99. The van der Waals surface area contributed by atoms with Crippen LogP contribution in [0.5, 0.6) is 40.2 Å². The highest BCUT2D eigenvalue weighted by Crippen LogP contribution is 2.56. The van der Waals surface area contributed by atoms with Crippen molar-refractivity contribution < 1.29 is 122 Å². The van der Waals surface area contributed by atoms with Gasteiger partial charge in [0.2, 0.25) is 65.1 Å². The third kappa shape index (κ3) is 17.7. The minimum Gasteiger partial charge on any atom is -0.508 e. The van der Waals surface area contributed by atoms with Crippen LogP contribution in [-0.4, -0.2) is 211 Å². The average molecular weight is 1720 g/mol. The van der Waals surface area contributed by atoms with E-state index in [1.54, 1.807) is 0 Å². The Morgan fingerprint density at radius 1 is 0.691 bits per heavy atom. The molecule has 6 aromatic rings. The molecule has 15 bridgehead atoms. The van der Waals surface area contributed by atoms with Gasteiger partial charge in [-0.25, -0.2) is 0 Å². The summed E-state index contributed by atoms with van der Waals surface area (Å²) >= 11 is 7.22. The number of likely N-dealkylation sites (N-methyl/N-ethyl adjacent to an activating group) is 1. The number of rotatable bonds is 18. The van der Waals surface area contributed by atoms with Crippen LogP contribution >= 0.6 is 11.6 Å². The number of fused-ring (bicyclic) bond motifs is 12. The fraction of sp³-hybridized carbons (Fsp3) is 0.477. The first-order chi connectivity index (χ1) is 58.6. The van der Waals surface area contributed by atoms with Crippen LogP contribution < -0.4 is 78.3 Å². The molecule has 18 atom stereocenters. The molecule has 123 heavy (non-hydrogen) atoms. The van der Waals surface area contributed by atoms with E-state index in [-0.39, 0.29) is 116 Å². The second-order valence-corrected chi connectivity index (χ2v) is 34.4. The van der Waals surface area contributed by atoms with Gasteiger partial charge in [0.15, 0.2) is 23.9 Å². The first-order valence-electron chi connectivity index (χ1n) is 41.0. The zero-order chi connectivity index (χ0) is 87.7. The summed E-state index contributed by atoms with van der Waals surface area (Å²) in [7, 11) is 1.48. The van der Waals surface area contributed by atoms with Crippen LogP contribution in [0.15, 0.2) is 109 Å². The smallest absolute Gasteiger partial charge is 0.257 e. The molecule has 36 nitrogen and oxygen atoms in total. The SMILES string of the molecule is CN[C@H](CC(C)C)C(=O)N[C@H]1C(=O)N[C@@H](CC(=O)NC(=O)c2ccc(OCCN)cc2)C(=O)N[C@H]2C(=O)N[C@H]3C(=O)N[C@H](C(=O)N[C@H](C(=O)NC4C5CC6CC(C5)CC4C6)c4cc(O)cc5c4-c4cc3ccc4C5(O)O)[C@H](O)c3ccc(cc3)Oc3cc2cc(c3O[C@@H]2O[C@H](CO)[C@@H](O)[C@H](O)[C@H]2O[C@H]2C[C@](C)(N)[C@H](O)[C@H](C)O2)Oc2ccc(cc2Cl)[C@H]1O. The van der Waals surface area contributed by atoms with Gasteiger partial charge in [-0.2, -0.15) is 0 Å². The minimum atomic E-state index is -2.98. The standard InChI is InChI=1S/C86H100ClN11O25/c1-35(2)20-54(90-5)77(108)97-68-70(103)42-11-17-56(53(87)27-42)120-58-29-45-28-57(73(58)123-84-74(72(105)71(104)59(34-99)121-84)122-61-33-85(4,89)75(106)36(3)118-61)119-48-14-6-39(7-15-48)69(102)67-83(114)96-66(81(112)93-63-43-22-37-21-38(24-43)25-44(63)23-37)50-30-46(100)31-52-62(50)49-26-41(10-16-51(49)86(52,115)116)64(79(110)98-67)95-80(111)65(45)94-78(109)55(91-82(68)113)32-60(101)92-76(107)40-8-12-47(13-9-40)117-19-18-88/h6-17,26-31,35-38,43-44,54-55,59,61,63-72,74-75,84,90,99-100,102-106,115-116H,18-25,32-34,88-89H2,1-5H3,(H,91,113)(H,93,112)(H,94,109)(H,95,111)(H,96,114)(H,97,108)(H,98,110)(H,92,101,107)/t36-,37?,38?,43?,44?,54+,55-,59+,61-,63?,64+,65+,66-,67-,68+,69+,70+,71+,72-,74+,75+,84-,85-/m0/s1. The second-order valence-electron chi connectivity index (χ2n) is 34.0. The van der Waals surface area contributed by atoms with Crippen LogP contribution in [0.3, 0.4) is 0 Å². The molecule has 5 aliphatic carbocycles. The molecule has 0 unspecified atom stereocenters. The van der Waals surface area contributed by atoms with Crippen LogP contribution in [0.25, 0.3) is 11.1 Å². The van der Waals surface area contributed by atoms with Crippen molar-refractivity contribution in [2.24, 2.45) is 41.1 Å². The number of aliphatic hydroxyl groups excluding tert-OH is 6. The molecule has 0 spiro atoms. The number of imide groups is 1. The molecule has 0 aromatic heterocycles. The number of phenolic OH excluding ortho intramolecular Hbond substituents is 1. The molecular weight excluding hydrogens is 1620 g/mol. The number of carbonyl (C=O) groups is 9. The highest BCUT2D eigenvalue weighted by atomic mass is 35.5. The molecule has 18 rings (SSSR count). The van der Waals surface area contributed by atoms with Crippen LogP contribution in [0.2, 0.25) is 5.02 Å². The fourth-order valence-corrected chi connectivity index (χ4v) is 19.0. The molecule has 37 heteroatoms. The number of carbonyl (C=O) groups excluding carboxylic acids is 9. The van der Waals surface area contributed by atoms with Crippen LogP contribution in [0.1, 0.15) is 159 Å². The molecule has 9 amide bonds. The lowest BCUT2D eigenvalue weighted by molar-refractivity contribution is -0.333. The Morgan fingerprint density at radius 2 is 1.35 bits per heavy atom. The first kappa shape index (κ1) is 87.4. The number of phenols is 1. The Labute approximate surface area is 709 Å². The van der Waals surface area contributed by atoms with Gasteiger partial charge in [-0.1, -0.05) is 55.8 Å². The van der Waals surface area contributed by atoms with Gasteiger partial charge in [0.25, 0.3) is 5.91 Å². The summed E-state index contributed by atoms with van der Waals surface area (Å²) in [6, 6.07) is 7.97. The van der Waals surface area contributed by atoms with E-state index in [9.17, 15) is 60.3 Å². The summed E-state index contributed by atoms with van der Waals surface area (Å²) < 4.78 is 44.7. The average Bonchev–Trinajstić information content (AvgIpc) is 1.57. The third-order valence-electron chi connectivity index (χ3n) is 24.8. The van der Waals surface area contributed by atoms with Gasteiger partial charge in [0, 0.05) is 41.2 Å². The van der Waals surface area contributed by atoms with Crippen molar-refractivity contribution in [3.63, 3.8) is 0 Å². The lowest BCUT2D eigenvalue weighted by Crippen LogP contribution is -2.64. The van der Waals surface area contributed by atoms with E-state index in [4.69, 9.17) is 56.2 Å². The predicted octanol–water partition coefficient (Wildman–Crippen LogP) is 1.21. The fourth-order valence-electron chi connectivity index (χ4n) is 18.7. The number of hydrogen-bond donors (Lipinski definition) is 20. The summed E-state index contributed by atoms with van der Waals surface area (Å²) in [5, 5.41) is 131. The summed E-state index contributed by atoms with van der Waals surface area (Å²) in [6.07, 6.45) is -14.1. The monoisotopic (exact) mass is 1720 g/mol. The van der Waals surface area contributed by atoms with Crippen molar-refractivity contribution in [3.8, 4) is 51.4 Å². The van der Waals surface area contributed by atoms with E-state index in [0.29, 0.717) is 17.6 Å². The molecule has 656 valence electrons. The van der Waals surface area contributed by atoms with Gasteiger partial charge in [0.1, 0.15) is 96.4 Å². The number of amides is 9. The van der Waals surface area contributed by atoms with Crippen LogP contribution in [0.4, 0.5) is 0 Å². The van der Waals surface area contributed by atoms with Crippen molar-refractivity contribution in [1.29, 1.82) is 0 Å². The number of halogens is 1. The van der Waals surface area contributed by atoms with Gasteiger partial charge >= 0.3 is 0 Å². The van der Waals surface area contributed by atoms with E-state index in [1.807, 2.05) is 13.8 Å². The topological polar surface area (TPSA) is 561 Å². The maximum atomic E-state index is 16.7. The highest BCUT2D eigenvalue weighted by Gasteiger charge is 2.54. The summed E-state index contributed by atoms with van der Waals surface area (Å²) in [5.74, 6) is -15.2. The van der Waals surface area contributed by atoms with Crippen molar-refractivity contribution in [1.82, 2.24) is 47.9 Å². The zero-order valence-corrected chi connectivity index (χ0v) is 68.3. The van der Waals surface area contributed by atoms with E-state index in [1.165, 1.54) is 106 Å². The lowest BCUT2D eigenvalue weighted by Gasteiger charge is -2.54. The summed E-state index contributed by atoms with van der Waals surface area (Å²) in [4.78, 5) is 139. The predicted molar refractivity (Wildman–Crippen MR) is 432 cm³/mol. The van der Waals surface area contributed by atoms with Crippen LogP contribution in [-0.2, 0) is 58.4 Å². The molecule has 12 aliphatic rings. The van der Waals surface area contributed by atoms with Gasteiger partial charge in [0.05, 0.1) is 36.3 Å². The Morgan fingerprint density at radius 3 is 2.01 bits per heavy atom. The van der Waals surface area contributed by atoms with Crippen molar-refractivity contribution >= 4 is 64.8 Å². The first-order valence-corrected chi connectivity index (χ1v) is 41.3. The van der Waals surface area contributed by atoms with Crippen molar-refractivity contribution in [2.75, 3.05) is 26.8 Å². The third-order valence-corrected chi connectivity index (χ3v) is 25.1. The molecule has 6 fully saturated rings. The molecule has 2 saturated heterocycles. The molecule has 7 heterocycles. The number of nitrogens with two attached hydrogens (primary N) is 2. The number of hydrogen-bond acceptors (Lipinski definition) is 28. The number of benzene rings is 6. The Balaban J connectivity index is 0.916. The van der Waals surface area contributed by atoms with Gasteiger partial charge in [-0.15, -0.1) is 0 Å². The Kier molecular flexibility index (Phi) is 25.0. The zero-order valence-electron chi connectivity index (χ0n) is 67.5. The Bertz CT molecular complexity index is 5070. The molecular formula is C86H100ClN11O25. The quantitative estimate of drug-likeness (QED) is 0.0538. The maximum absolute atomic E-state index is 16.7. The largest absolute Gasteiger partial charge is 0.508 e. The molecule has 4 saturated carbocycles. The van der Waals surface area contributed by atoms with Crippen molar-refractivity contribution in [3.05, 3.63) is 159 Å². The van der Waals surface area contributed by atoms with Crippen LogP contribution in [0, 0.1) is 29.6 Å². The molecule has 0 radical (unpaired) electrons. The molecule has 22 N–H and O–H groups in total.